The van der Waals surface area contributed by atoms with E-state index < -0.39 is 5.60 Å². The Balaban J connectivity index is 1.97. The fourth-order valence-corrected chi connectivity index (χ4v) is 3.62. The molecule has 1 atom stereocenters. The molecule has 1 amide bonds. The molecule has 2 rings (SSSR count). The molecule has 1 unspecified atom stereocenters. The van der Waals surface area contributed by atoms with E-state index in [-0.39, 0.29) is 17.8 Å². The number of rotatable bonds is 2. The number of carbonyl (C=O) groups excluding carboxylic acids is 2. The molecule has 0 N–H and O–H groups in total. The summed E-state index contributed by atoms with van der Waals surface area (Å²) in [5, 5.41) is 3.75. The van der Waals surface area contributed by atoms with E-state index in [1.807, 2.05) is 31.5 Å². The van der Waals surface area contributed by atoms with Crippen molar-refractivity contribution in [1.29, 1.82) is 0 Å². The van der Waals surface area contributed by atoms with Crippen molar-refractivity contribution >= 4 is 39.1 Å². The number of likely N-dealkylation sites (tertiary alicyclic amines) is 1. The minimum Gasteiger partial charge on any atom is -0.444 e. The van der Waals surface area contributed by atoms with Crippen LogP contribution >= 0.6 is 27.3 Å². The van der Waals surface area contributed by atoms with Crippen molar-refractivity contribution in [3.05, 3.63) is 20.8 Å². The highest BCUT2D eigenvalue weighted by Crippen LogP contribution is 2.28. The zero-order valence-corrected chi connectivity index (χ0v) is 14.2. The largest absolute Gasteiger partial charge is 0.444 e. The topological polar surface area (TPSA) is 46.6 Å². The van der Waals surface area contributed by atoms with Crippen molar-refractivity contribution in [2.45, 2.75) is 32.8 Å². The number of hydrogen-bond acceptors (Lipinski definition) is 4. The molecular formula is C14H18BrNO3S. The highest BCUT2D eigenvalue weighted by Gasteiger charge is 2.34. The Hall–Kier alpha value is -0.880. The van der Waals surface area contributed by atoms with Crippen LogP contribution < -0.4 is 0 Å². The Morgan fingerprint density at radius 1 is 1.40 bits per heavy atom. The Bertz CT molecular complexity index is 521. The standard InChI is InChI=1S/C14H18BrNO3S/c1-14(2,3)19-13(18)16-5-4-9(6-16)12(17)10-7-20-8-11(10)15/h7-9H,4-6H2,1-3H3. The van der Waals surface area contributed by atoms with Gasteiger partial charge in [-0.15, -0.1) is 0 Å². The van der Waals surface area contributed by atoms with Crippen molar-refractivity contribution in [3.63, 3.8) is 0 Å². The molecule has 110 valence electrons. The van der Waals surface area contributed by atoms with E-state index in [4.69, 9.17) is 4.74 Å². The first kappa shape index (κ1) is 15.5. The molecule has 1 aliphatic heterocycles. The first-order chi connectivity index (χ1) is 9.28. The maximum absolute atomic E-state index is 12.4. The van der Waals surface area contributed by atoms with Crippen molar-refractivity contribution in [3.8, 4) is 0 Å². The van der Waals surface area contributed by atoms with Gasteiger partial charge in [-0.1, -0.05) is 0 Å². The van der Waals surface area contributed by atoms with Crippen LogP contribution in [0.5, 0.6) is 0 Å². The van der Waals surface area contributed by atoms with Crippen molar-refractivity contribution < 1.29 is 14.3 Å². The molecule has 0 spiro atoms. The number of amides is 1. The quantitative estimate of drug-likeness (QED) is 0.751. The molecule has 0 aromatic carbocycles. The van der Waals surface area contributed by atoms with Gasteiger partial charge in [0, 0.05) is 39.8 Å². The summed E-state index contributed by atoms with van der Waals surface area (Å²) in [5.74, 6) is -0.0300. The Morgan fingerprint density at radius 3 is 2.65 bits per heavy atom. The Kier molecular flexibility index (Phi) is 4.54. The molecule has 0 bridgehead atoms. The summed E-state index contributed by atoms with van der Waals surface area (Å²) in [7, 11) is 0. The van der Waals surface area contributed by atoms with E-state index in [1.54, 1.807) is 4.90 Å². The summed E-state index contributed by atoms with van der Waals surface area (Å²) >= 11 is 4.88. The number of ketones is 1. The molecule has 1 aromatic heterocycles. The van der Waals surface area contributed by atoms with E-state index >= 15 is 0 Å². The number of ether oxygens (including phenoxy) is 1. The fourth-order valence-electron chi connectivity index (χ4n) is 2.14. The second kappa shape index (κ2) is 5.85. The number of thiophene rings is 1. The highest BCUT2D eigenvalue weighted by atomic mass is 79.9. The SMILES string of the molecule is CC(C)(C)OC(=O)N1CCC(C(=O)c2cscc2Br)C1. The van der Waals surface area contributed by atoms with E-state index in [0.29, 0.717) is 25.1 Å². The summed E-state index contributed by atoms with van der Waals surface area (Å²) in [5.41, 5.74) is 0.210. The molecule has 1 saturated heterocycles. The second-order valence-electron chi connectivity index (χ2n) is 5.91. The minimum atomic E-state index is -0.504. The van der Waals surface area contributed by atoms with Crippen LogP contribution in [0.25, 0.3) is 0 Å². The monoisotopic (exact) mass is 359 g/mol. The smallest absolute Gasteiger partial charge is 0.410 e. The van der Waals surface area contributed by atoms with Gasteiger partial charge < -0.3 is 9.64 Å². The minimum absolute atomic E-state index is 0.101. The van der Waals surface area contributed by atoms with Crippen LogP contribution in [0.4, 0.5) is 4.79 Å². The van der Waals surface area contributed by atoms with Crippen molar-refractivity contribution in [1.82, 2.24) is 4.90 Å². The van der Waals surface area contributed by atoms with E-state index in [0.717, 1.165) is 4.47 Å². The number of nitrogens with zero attached hydrogens (tertiary/aromatic N) is 1. The van der Waals surface area contributed by atoms with E-state index in [1.165, 1.54) is 11.3 Å². The molecule has 1 aliphatic rings. The molecule has 4 nitrogen and oxygen atoms in total. The third kappa shape index (κ3) is 3.61. The van der Waals surface area contributed by atoms with Crippen LogP contribution in [0, 0.1) is 5.92 Å². The summed E-state index contributed by atoms with van der Waals surface area (Å²) in [6.07, 6.45) is 0.359. The number of carbonyl (C=O) groups is 2. The van der Waals surface area contributed by atoms with Gasteiger partial charge in [-0.05, 0) is 43.1 Å². The van der Waals surface area contributed by atoms with Crippen LogP contribution in [-0.2, 0) is 4.74 Å². The van der Waals surface area contributed by atoms with E-state index in [2.05, 4.69) is 15.9 Å². The van der Waals surface area contributed by atoms with Gasteiger partial charge >= 0.3 is 6.09 Å². The summed E-state index contributed by atoms with van der Waals surface area (Å²) < 4.78 is 6.17. The number of hydrogen-bond donors (Lipinski definition) is 0. The molecule has 0 saturated carbocycles. The van der Waals surface area contributed by atoms with Gasteiger partial charge in [0.1, 0.15) is 5.60 Å². The lowest BCUT2D eigenvalue weighted by molar-refractivity contribution is 0.0289. The number of Topliss-reactive ketones (excluding diaryl/α,β-unsaturated/α-hetero) is 1. The van der Waals surface area contributed by atoms with Crippen molar-refractivity contribution in [2.75, 3.05) is 13.1 Å². The van der Waals surface area contributed by atoms with Gasteiger partial charge in [-0.25, -0.2) is 4.79 Å². The predicted molar refractivity (Wildman–Crippen MR) is 82.3 cm³/mol. The molecule has 2 heterocycles. The summed E-state index contributed by atoms with van der Waals surface area (Å²) in [6, 6.07) is 0. The van der Waals surface area contributed by atoms with E-state index in [9.17, 15) is 9.59 Å². The van der Waals surface area contributed by atoms with Gasteiger partial charge in [0.25, 0.3) is 0 Å². The first-order valence-electron chi connectivity index (χ1n) is 6.52. The molecular weight excluding hydrogens is 342 g/mol. The van der Waals surface area contributed by atoms with Crippen LogP contribution in [0.3, 0.4) is 0 Å². The fraction of sp³-hybridized carbons (Fsp3) is 0.571. The first-order valence-corrected chi connectivity index (χ1v) is 8.25. The second-order valence-corrected chi connectivity index (χ2v) is 7.51. The third-order valence-electron chi connectivity index (χ3n) is 3.09. The zero-order chi connectivity index (χ0) is 14.9. The zero-order valence-electron chi connectivity index (χ0n) is 11.8. The lowest BCUT2D eigenvalue weighted by Crippen LogP contribution is -2.35. The maximum atomic E-state index is 12.4. The van der Waals surface area contributed by atoms with Gasteiger partial charge in [0.15, 0.2) is 5.78 Å². The third-order valence-corrected chi connectivity index (χ3v) is 4.79. The predicted octanol–water partition coefficient (Wildman–Crippen LogP) is 3.95. The average Bonchev–Trinajstić information content (AvgIpc) is 2.94. The Labute approximate surface area is 131 Å². The molecule has 20 heavy (non-hydrogen) atoms. The molecule has 1 aromatic rings. The maximum Gasteiger partial charge on any atom is 0.410 e. The normalized spacial score (nSPS) is 19.2. The molecule has 1 fully saturated rings. The molecule has 0 aliphatic carbocycles. The average molecular weight is 360 g/mol. The van der Waals surface area contributed by atoms with Gasteiger partial charge in [-0.3, -0.25) is 4.79 Å². The van der Waals surface area contributed by atoms with Gasteiger partial charge in [-0.2, -0.15) is 11.3 Å². The van der Waals surface area contributed by atoms with Crippen LogP contribution in [-0.4, -0.2) is 35.5 Å². The summed E-state index contributed by atoms with van der Waals surface area (Å²) in [6.45, 7) is 6.54. The van der Waals surface area contributed by atoms with Gasteiger partial charge in [0.2, 0.25) is 0 Å². The van der Waals surface area contributed by atoms with Crippen LogP contribution in [0.2, 0.25) is 0 Å². The summed E-state index contributed by atoms with van der Waals surface area (Å²) in [4.78, 5) is 26.0. The molecule has 6 heteroatoms. The van der Waals surface area contributed by atoms with Gasteiger partial charge in [0.05, 0.1) is 0 Å². The number of halogens is 1. The lowest BCUT2D eigenvalue weighted by atomic mass is 9.99. The van der Waals surface area contributed by atoms with Crippen molar-refractivity contribution in [2.24, 2.45) is 5.92 Å². The lowest BCUT2D eigenvalue weighted by Gasteiger charge is -2.24. The van der Waals surface area contributed by atoms with Crippen LogP contribution in [0.15, 0.2) is 15.2 Å². The highest BCUT2D eigenvalue weighted by molar-refractivity contribution is 9.10. The van der Waals surface area contributed by atoms with Crippen LogP contribution in [0.1, 0.15) is 37.6 Å². The Morgan fingerprint density at radius 2 is 2.10 bits per heavy atom. The molecule has 0 radical (unpaired) electrons.